The van der Waals surface area contributed by atoms with E-state index in [2.05, 4.69) is 15.0 Å². The molecule has 0 aliphatic carbocycles. The molecule has 0 aliphatic heterocycles. The molecule has 0 spiro atoms. The average molecular weight is 418 g/mol. The summed E-state index contributed by atoms with van der Waals surface area (Å²) in [5.74, 6) is 0.307. The first kappa shape index (κ1) is 18.0. The minimum absolute atomic E-state index is 0.0350. The van der Waals surface area contributed by atoms with Crippen LogP contribution in [0.4, 0.5) is 0 Å². The Balaban J connectivity index is 1.77. The van der Waals surface area contributed by atoms with Gasteiger partial charge < -0.3 is 4.98 Å². The summed E-state index contributed by atoms with van der Waals surface area (Å²) in [6.45, 7) is 0. The molecule has 27 heavy (non-hydrogen) atoms. The van der Waals surface area contributed by atoms with Crippen LogP contribution >= 0.6 is 23.2 Å². The third-order valence-corrected chi connectivity index (χ3v) is 6.57. The quantitative estimate of drug-likeness (QED) is 0.511. The monoisotopic (exact) mass is 417 g/mol. The molecule has 0 atom stereocenters. The van der Waals surface area contributed by atoms with E-state index in [1.54, 1.807) is 36.5 Å². The number of hydrogen-bond acceptors (Lipinski definition) is 4. The summed E-state index contributed by atoms with van der Waals surface area (Å²) >= 11 is 12.4. The van der Waals surface area contributed by atoms with E-state index in [1.165, 1.54) is 6.07 Å². The summed E-state index contributed by atoms with van der Waals surface area (Å²) in [5.41, 5.74) is 2.31. The second-order valence-electron chi connectivity index (χ2n) is 5.95. The van der Waals surface area contributed by atoms with Gasteiger partial charge in [0, 0.05) is 11.2 Å². The molecule has 0 radical (unpaired) electrons. The highest BCUT2D eigenvalue weighted by Gasteiger charge is 2.22. The van der Waals surface area contributed by atoms with Crippen molar-refractivity contribution in [1.29, 1.82) is 0 Å². The number of fused-ring (bicyclic) bond motifs is 1. The van der Waals surface area contributed by atoms with Crippen molar-refractivity contribution in [2.75, 3.05) is 0 Å². The normalized spacial score (nSPS) is 11.8. The zero-order chi connectivity index (χ0) is 19.0. The Kier molecular flexibility index (Phi) is 4.63. The first-order valence-electron chi connectivity index (χ1n) is 8.01. The van der Waals surface area contributed by atoms with Crippen molar-refractivity contribution < 1.29 is 8.42 Å². The predicted molar refractivity (Wildman–Crippen MR) is 107 cm³/mol. The van der Waals surface area contributed by atoms with Crippen molar-refractivity contribution in [2.24, 2.45) is 0 Å². The smallest absolute Gasteiger partial charge is 0.184 e. The molecule has 0 saturated heterocycles. The molecule has 2 aromatic carbocycles. The summed E-state index contributed by atoms with van der Waals surface area (Å²) in [4.78, 5) is 11.8. The van der Waals surface area contributed by atoms with Gasteiger partial charge in [0.15, 0.2) is 15.7 Å². The molecule has 1 N–H and O–H groups in total. The summed E-state index contributed by atoms with van der Waals surface area (Å²) in [5, 5.41) is 0.519. The van der Waals surface area contributed by atoms with Crippen molar-refractivity contribution in [3.8, 4) is 11.5 Å². The fourth-order valence-electron chi connectivity index (χ4n) is 2.77. The molecule has 4 rings (SSSR count). The number of aromatic amines is 1. The van der Waals surface area contributed by atoms with Crippen LogP contribution in [0.5, 0.6) is 0 Å². The van der Waals surface area contributed by atoms with Crippen LogP contribution in [0.3, 0.4) is 0 Å². The molecule has 0 unspecified atom stereocenters. The van der Waals surface area contributed by atoms with Crippen LogP contribution in [0.25, 0.3) is 22.6 Å². The molecule has 136 valence electrons. The molecular weight excluding hydrogens is 405 g/mol. The molecule has 2 heterocycles. The van der Waals surface area contributed by atoms with Gasteiger partial charge in [0.2, 0.25) is 0 Å². The van der Waals surface area contributed by atoms with Crippen molar-refractivity contribution in [3.63, 3.8) is 0 Å². The molecule has 0 bridgehead atoms. The maximum atomic E-state index is 12.9. The Bertz CT molecular complexity index is 1240. The Morgan fingerprint density at radius 1 is 0.963 bits per heavy atom. The third kappa shape index (κ3) is 3.56. The fourth-order valence-corrected chi connectivity index (χ4v) is 5.03. The maximum Gasteiger partial charge on any atom is 0.184 e. The SMILES string of the molecule is O=S(=O)(Cc1ccccc1Cl)c1cc2[nH]c(-c3ccccn3)nc2cc1Cl. The van der Waals surface area contributed by atoms with E-state index in [-0.39, 0.29) is 15.7 Å². The number of H-pyrrole nitrogens is 1. The van der Waals surface area contributed by atoms with E-state index in [1.807, 2.05) is 18.2 Å². The van der Waals surface area contributed by atoms with Crippen molar-refractivity contribution in [3.05, 3.63) is 76.4 Å². The van der Waals surface area contributed by atoms with Crippen LogP contribution in [0.2, 0.25) is 10.0 Å². The standard InChI is InChI=1S/C19H13Cl2N3O2S/c20-13-6-2-1-5-12(13)11-27(25,26)18-10-17-16(9-14(18)21)23-19(24-17)15-7-3-4-8-22-15/h1-10H,11H2,(H,23,24). The van der Waals surface area contributed by atoms with Crippen LogP contribution < -0.4 is 0 Å². The van der Waals surface area contributed by atoms with Crippen LogP contribution in [0.15, 0.2) is 65.7 Å². The molecule has 8 heteroatoms. The minimum Gasteiger partial charge on any atom is -0.337 e. The van der Waals surface area contributed by atoms with Gasteiger partial charge in [-0.15, -0.1) is 0 Å². The van der Waals surface area contributed by atoms with Gasteiger partial charge in [0.25, 0.3) is 0 Å². The van der Waals surface area contributed by atoms with Crippen LogP contribution in [-0.4, -0.2) is 23.4 Å². The molecule has 5 nitrogen and oxygen atoms in total. The first-order valence-corrected chi connectivity index (χ1v) is 10.4. The number of halogens is 2. The lowest BCUT2D eigenvalue weighted by atomic mass is 10.2. The number of hydrogen-bond donors (Lipinski definition) is 1. The zero-order valence-corrected chi connectivity index (χ0v) is 16.2. The van der Waals surface area contributed by atoms with E-state index in [4.69, 9.17) is 23.2 Å². The summed E-state index contributed by atoms with van der Waals surface area (Å²) in [6, 6.07) is 15.4. The summed E-state index contributed by atoms with van der Waals surface area (Å²) < 4.78 is 25.8. The molecular formula is C19H13Cl2N3O2S. The summed E-state index contributed by atoms with van der Waals surface area (Å²) in [7, 11) is -3.69. The third-order valence-electron chi connectivity index (χ3n) is 4.08. The van der Waals surface area contributed by atoms with E-state index in [0.29, 0.717) is 33.1 Å². The van der Waals surface area contributed by atoms with E-state index < -0.39 is 9.84 Å². The highest BCUT2D eigenvalue weighted by atomic mass is 35.5. The van der Waals surface area contributed by atoms with E-state index in [9.17, 15) is 8.42 Å². The fraction of sp³-hybridized carbons (Fsp3) is 0.0526. The van der Waals surface area contributed by atoms with Gasteiger partial charge in [-0.3, -0.25) is 4.98 Å². The lowest BCUT2D eigenvalue weighted by molar-refractivity contribution is 0.595. The number of aromatic nitrogens is 3. The Morgan fingerprint density at radius 3 is 2.48 bits per heavy atom. The van der Waals surface area contributed by atoms with Crippen molar-refractivity contribution in [2.45, 2.75) is 10.6 Å². The van der Waals surface area contributed by atoms with E-state index >= 15 is 0 Å². The van der Waals surface area contributed by atoms with Gasteiger partial charge >= 0.3 is 0 Å². The Labute approximate surface area is 165 Å². The number of nitrogens with one attached hydrogen (secondary N) is 1. The number of pyridine rings is 1. The predicted octanol–water partition coefficient (Wildman–Crippen LogP) is 4.91. The van der Waals surface area contributed by atoms with E-state index in [0.717, 1.165) is 0 Å². The maximum absolute atomic E-state index is 12.9. The van der Waals surface area contributed by atoms with Crippen molar-refractivity contribution >= 4 is 44.1 Å². The summed E-state index contributed by atoms with van der Waals surface area (Å²) in [6.07, 6.45) is 1.66. The topological polar surface area (TPSA) is 75.7 Å². The molecule has 0 saturated carbocycles. The number of imidazole rings is 1. The highest BCUT2D eigenvalue weighted by molar-refractivity contribution is 7.90. The molecule has 0 amide bonds. The lowest BCUT2D eigenvalue weighted by Gasteiger charge is -2.08. The first-order chi connectivity index (χ1) is 12.9. The van der Waals surface area contributed by atoms with Gasteiger partial charge in [0.05, 0.1) is 26.7 Å². The van der Waals surface area contributed by atoms with Crippen molar-refractivity contribution in [1.82, 2.24) is 15.0 Å². The second kappa shape index (κ2) is 6.96. The number of rotatable bonds is 4. The van der Waals surface area contributed by atoms with Gasteiger partial charge in [0.1, 0.15) is 5.69 Å². The van der Waals surface area contributed by atoms with Crippen LogP contribution in [-0.2, 0) is 15.6 Å². The van der Waals surface area contributed by atoms with Gasteiger partial charge in [-0.05, 0) is 35.9 Å². The van der Waals surface area contributed by atoms with Crippen LogP contribution in [0.1, 0.15) is 5.56 Å². The van der Waals surface area contributed by atoms with Gasteiger partial charge in [-0.25, -0.2) is 13.4 Å². The second-order valence-corrected chi connectivity index (χ2v) is 8.72. The van der Waals surface area contributed by atoms with Crippen LogP contribution in [0, 0.1) is 0 Å². The molecule has 0 fully saturated rings. The largest absolute Gasteiger partial charge is 0.337 e. The molecule has 2 aromatic heterocycles. The van der Waals surface area contributed by atoms with Gasteiger partial charge in [-0.2, -0.15) is 0 Å². The highest BCUT2D eigenvalue weighted by Crippen LogP contribution is 2.31. The molecule has 0 aliphatic rings. The minimum atomic E-state index is -3.69. The number of sulfone groups is 1. The van der Waals surface area contributed by atoms with Gasteiger partial charge in [-0.1, -0.05) is 47.5 Å². The average Bonchev–Trinajstić information content (AvgIpc) is 3.06. The number of nitrogens with zero attached hydrogens (tertiary/aromatic N) is 2. The number of benzene rings is 2. The zero-order valence-electron chi connectivity index (χ0n) is 13.9. The Hall–Kier alpha value is -2.41. The molecule has 4 aromatic rings. The Morgan fingerprint density at radius 2 is 1.74 bits per heavy atom. The lowest BCUT2D eigenvalue weighted by Crippen LogP contribution is -2.06.